The molecule has 1 N–H and O–H groups in total. The predicted octanol–water partition coefficient (Wildman–Crippen LogP) is 3.14. The van der Waals surface area contributed by atoms with Gasteiger partial charge in [0.25, 0.3) is 0 Å². The van der Waals surface area contributed by atoms with Gasteiger partial charge < -0.3 is 5.32 Å². The second-order valence-corrected chi connectivity index (χ2v) is 4.71. The molecule has 23 heavy (non-hydrogen) atoms. The Balaban J connectivity index is 1.74. The van der Waals surface area contributed by atoms with Crippen LogP contribution in [0.25, 0.3) is 5.69 Å². The minimum absolute atomic E-state index is 0.363. The van der Waals surface area contributed by atoms with Crippen molar-refractivity contribution in [2.75, 3.05) is 5.32 Å². The lowest BCUT2D eigenvalue weighted by molar-refractivity contribution is 0.259. The Morgan fingerprint density at radius 2 is 1.78 bits per heavy atom. The highest BCUT2D eigenvalue weighted by atomic mass is 19.1. The third-order valence-corrected chi connectivity index (χ3v) is 3.05. The van der Waals surface area contributed by atoms with E-state index in [0.29, 0.717) is 11.0 Å². The molecule has 3 rings (SSSR count). The number of halogens is 1. The smallest absolute Gasteiger partial charge is 0.306 e. The zero-order valence-electron chi connectivity index (χ0n) is 12.1. The topological polar surface area (TPSA) is 59.3 Å². The molecule has 0 aliphatic carbocycles. The molecule has 0 radical (unpaired) electrons. The van der Waals surface area contributed by atoms with Crippen LogP contribution in [0.1, 0.15) is 0 Å². The molecule has 1 heterocycles. The number of urea groups is 1. The number of rotatable bonds is 2. The summed E-state index contributed by atoms with van der Waals surface area (Å²) in [5.41, 5.74) is 1.39. The van der Waals surface area contributed by atoms with E-state index in [-0.39, 0.29) is 5.82 Å². The lowest BCUT2D eigenvalue weighted by Crippen LogP contribution is -2.14. The van der Waals surface area contributed by atoms with Crippen LogP contribution in [0.4, 0.5) is 14.9 Å². The number of carbonyl (C=O) groups is 1. The minimum atomic E-state index is -0.545. The summed E-state index contributed by atoms with van der Waals surface area (Å²) in [6, 6.07) is 16.2. The van der Waals surface area contributed by atoms with Crippen LogP contribution in [0.2, 0.25) is 0 Å². The Hall–Kier alpha value is -3.28. The molecular weight excluding hydrogens is 295 g/mol. The van der Waals surface area contributed by atoms with Crippen LogP contribution in [0.15, 0.2) is 78.0 Å². The van der Waals surface area contributed by atoms with Crippen molar-refractivity contribution >= 4 is 11.7 Å². The molecule has 1 aromatic heterocycles. The molecule has 0 atom stereocenters. The van der Waals surface area contributed by atoms with Crippen LogP contribution in [-0.2, 0) is 0 Å². The highest BCUT2D eigenvalue weighted by Crippen LogP contribution is 2.08. The normalized spacial score (nSPS) is 11.3. The maximum atomic E-state index is 12.8. The third kappa shape index (κ3) is 3.88. The van der Waals surface area contributed by atoms with Gasteiger partial charge in [-0.05, 0) is 42.5 Å². The average molecular weight is 308 g/mol. The Bertz CT molecular complexity index is 853. The van der Waals surface area contributed by atoms with E-state index in [2.05, 4.69) is 15.4 Å². The highest BCUT2D eigenvalue weighted by Gasteiger charge is 2.00. The molecule has 0 aliphatic rings. The molecular formula is C17H13FN4O. The fraction of sp³-hybridized carbons (Fsp3) is 0. The predicted molar refractivity (Wildman–Crippen MR) is 84.5 cm³/mol. The number of nitrogens with zero attached hydrogens (tertiary/aromatic N) is 3. The van der Waals surface area contributed by atoms with Gasteiger partial charge in [-0.2, -0.15) is 10.1 Å². The van der Waals surface area contributed by atoms with E-state index in [1.54, 1.807) is 16.9 Å². The number of nitrogens with one attached hydrogen (secondary N) is 1. The third-order valence-electron chi connectivity index (χ3n) is 3.05. The molecule has 5 nitrogen and oxygen atoms in total. The lowest BCUT2D eigenvalue weighted by atomic mass is 10.3. The number of amides is 2. The van der Waals surface area contributed by atoms with E-state index in [1.165, 1.54) is 30.5 Å². The summed E-state index contributed by atoms with van der Waals surface area (Å²) in [5.74, 6) is -0.363. The van der Waals surface area contributed by atoms with Crippen molar-refractivity contribution in [2.45, 2.75) is 0 Å². The van der Waals surface area contributed by atoms with Crippen molar-refractivity contribution in [2.24, 2.45) is 4.99 Å². The highest BCUT2D eigenvalue weighted by molar-refractivity contribution is 5.89. The van der Waals surface area contributed by atoms with Gasteiger partial charge in [-0.15, -0.1) is 0 Å². The minimum Gasteiger partial charge on any atom is -0.306 e. The molecule has 6 heteroatoms. The van der Waals surface area contributed by atoms with E-state index >= 15 is 0 Å². The second-order valence-electron chi connectivity index (χ2n) is 4.71. The van der Waals surface area contributed by atoms with Crippen molar-refractivity contribution in [3.63, 3.8) is 0 Å². The number of hydrogen-bond acceptors (Lipinski definition) is 2. The van der Waals surface area contributed by atoms with E-state index in [9.17, 15) is 9.18 Å². The first-order valence-electron chi connectivity index (χ1n) is 6.92. The zero-order chi connectivity index (χ0) is 16.1. The van der Waals surface area contributed by atoms with E-state index in [0.717, 1.165) is 5.69 Å². The molecule has 0 bridgehead atoms. The van der Waals surface area contributed by atoms with Crippen LogP contribution in [0, 0.1) is 5.82 Å². The van der Waals surface area contributed by atoms with Gasteiger partial charge in [-0.1, -0.05) is 18.2 Å². The fourth-order valence-electron chi connectivity index (χ4n) is 1.95. The molecule has 114 valence electrons. The van der Waals surface area contributed by atoms with E-state index < -0.39 is 6.03 Å². The van der Waals surface area contributed by atoms with Gasteiger partial charge in [-0.25, -0.2) is 13.9 Å². The summed E-state index contributed by atoms with van der Waals surface area (Å²) in [6.07, 6.45) is 3.22. The molecule has 0 spiro atoms. The summed E-state index contributed by atoms with van der Waals surface area (Å²) in [7, 11) is 0. The van der Waals surface area contributed by atoms with E-state index in [4.69, 9.17) is 0 Å². The largest absolute Gasteiger partial charge is 0.345 e. The number of aromatic nitrogens is 2. The standard InChI is InChI=1S/C17H13FN4O/c18-13-6-8-14(9-7-13)20-17(23)21-15-10-11-22(19-12-15)16-4-2-1-3-5-16/h1-12H,(H,20,23)/b21-15+. The maximum absolute atomic E-state index is 12.8. The number of anilines is 1. The number of benzene rings is 2. The second kappa shape index (κ2) is 6.65. The molecule has 2 aromatic carbocycles. The van der Waals surface area contributed by atoms with Crippen LogP contribution in [0.5, 0.6) is 0 Å². The van der Waals surface area contributed by atoms with Crippen molar-refractivity contribution < 1.29 is 9.18 Å². The summed E-state index contributed by atoms with van der Waals surface area (Å²) >= 11 is 0. The van der Waals surface area contributed by atoms with Crippen molar-refractivity contribution in [3.05, 3.63) is 84.2 Å². The Kier molecular flexibility index (Phi) is 4.24. The first kappa shape index (κ1) is 14.6. The fourth-order valence-corrected chi connectivity index (χ4v) is 1.95. The van der Waals surface area contributed by atoms with E-state index in [1.807, 2.05) is 30.3 Å². The van der Waals surface area contributed by atoms with Crippen molar-refractivity contribution in [3.8, 4) is 5.69 Å². The van der Waals surface area contributed by atoms with Gasteiger partial charge in [-0.3, -0.25) is 0 Å². The Labute approximate surface area is 131 Å². The summed E-state index contributed by atoms with van der Waals surface area (Å²) in [4.78, 5) is 15.7. The van der Waals surface area contributed by atoms with Crippen LogP contribution >= 0.6 is 0 Å². The zero-order valence-corrected chi connectivity index (χ0v) is 12.1. The summed E-state index contributed by atoms with van der Waals surface area (Å²) in [6.45, 7) is 0. The monoisotopic (exact) mass is 308 g/mol. The van der Waals surface area contributed by atoms with Gasteiger partial charge in [0.15, 0.2) is 0 Å². The van der Waals surface area contributed by atoms with Gasteiger partial charge in [0.2, 0.25) is 0 Å². The first-order chi connectivity index (χ1) is 11.2. The molecule has 0 unspecified atom stereocenters. The number of carbonyl (C=O) groups excluding carboxylic acids is 1. The van der Waals surface area contributed by atoms with Crippen LogP contribution < -0.4 is 10.7 Å². The molecule has 2 amide bonds. The molecule has 3 aromatic rings. The van der Waals surface area contributed by atoms with Gasteiger partial charge >= 0.3 is 6.03 Å². The Morgan fingerprint density at radius 3 is 2.43 bits per heavy atom. The summed E-state index contributed by atoms with van der Waals surface area (Å²) < 4.78 is 14.5. The summed E-state index contributed by atoms with van der Waals surface area (Å²) in [5, 5.41) is 7.20. The SMILES string of the molecule is O=C(/N=c1\ccn(-c2ccccc2)nc1)Nc1ccc(F)cc1. The quantitative estimate of drug-likeness (QED) is 0.790. The van der Waals surface area contributed by atoms with Gasteiger partial charge in [0.1, 0.15) is 5.82 Å². The van der Waals surface area contributed by atoms with Crippen LogP contribution in [0.3, 0.4) is 0 Å². The Morgan fingerprint density at radius 1 is 1.04 bits per heavy atom. The first-order valence-corrected chi connectivity index (χ1v) is 6.92. The van der Waals surface area contributed by atoms with Gasteiger partial charge in [0, 0.05) is 11.9 Å². The van der Waals surface area contributed by atoms with Crippen LogP contribution in [-0.4, -0.2) is 15.8 Å². The molecule has 0 aliphatic heterocycles. The van der Waals surface area contributed by atoms with Crippen molar-refractivity contribution in [1.29, 1.82) is 0 Å². The lowest BCUT2D eigenvalue weighted by Gasteiger charge is -2.03. The number of hydrogen-bond donors (Lipinski definition) is 1. The molecule has 0 saturated heterocycles. The average Bonchev–Trinajstić information content (AvgIpc) is 2.58. The van der Waals surface area contributed by atoms with Gasteiger partial charge in [0.05, 0.1) is 17.2 Å². The molecule has 0 saturated carbocycles. The maximum Gasteiger partial charge on any atom is 0.345 e. The molecule has 0 fully saturated rings. The van der Waals surface area contributed by atoms with Crippen molar-refractivity contribution in [1.82, 2.24) is 9.78 Å². The number of para-hydroxylation sites is 1.